The first-order valence-corrected chi connectivity index (χ1v) is 53.8. The second-order valence-corrected chi connectivity index (χ2v) is 41.2. The number of unbranched alkanes of at least 4 members (excludes halogenated alkanes) is 21. The van der Waals surface area contributed by atoms with E-state index in [-0.39, 0.29) is 36.0 Å². The van der Waals surface area contributed by atoms with Gasteiger partial charge in [-0.2, -0.15) is 0 Å². The molecular formula is C129H159N3O5. The lowest BCUT2D eigenvalue weighted by molar-refractivity contribution is -0.141. The van der Waals surface area contributed by atoms with Crippen LogP contribution >= 0.6 is 0 Å². The van der Waals surface area contributed by atoms with E-state index in [2.05, 4.69) is 314 Å². The SMILES string of the molecule is C=C(C)C(=O)OCCOCCn1c2ccc(C)cc2c2cc(-c3ccc4c(c3)C(CCCCCCCC)(CCCCCCCC)c3cc(-c5ccc6c(c5)c5cc(-c7ccc8c(c7)C(CCCCCCCC)(CCCCCCCC)c7cc(C)ccc7-8)ccc5n6CC(CC)CCCC)ccc3-4)ccc21.C=C(C)C(=O)OCc1ccc(C(CC)CC(C)n2c3ccccc3c3ccccc32)cc1. The molecule has 2 aliphatic rings. The molecule has 8 nitrogen and oxygen atoms in total. The van der Waals surface area contributed by atoms with Gasteiger partial charge in [0.2, 0.25) is 0 Å². The van der Waals surface area contributed by atoms with Gasteiger partial charge in [-0.15, -0.1) is 0 Å². The number of rotatable bonds is 52. The summed E-state index contributed by atoms with van der Waals surface area (Å²) in [6, 6.07) is 85.9. The maximum Gasteiger partial charge on any atom is 0.333 e. The number of benzene rings is 11. The summed E-state index contributed by atoms with van der Waals surface area (Å²) in [5, 5.41) is 7.92. The number of aromatic nitrogens is 3. The summed E-state index contributed by atoms with van der Waals surface area (Å²) in [6.07, 6.45) is 43.1. The average Bonchev–Trinajstić information content (AvgIpc) is 1.56. The van der Waals surface area contributed by atoms with Crippen LogP contribution in [0.5, 0.6) is 0 Å². The molecule has 0 saturated heterocycles. The number of carbonyl (C=O) groups excluding carboxylic acids is 2. The highest BCUT2D eigenvalue weighted by atomic mass is 16.6. The number of aryl methyl sites for hydroxylation is 2. The molecule has 0 aliphatic heterocycles. The highest BCUT2D eigenvalue weighted by Gasteiger charge is 2.45. The molecular weight excluding hydrogens is 1670 g/mol. The Balaban J connectivity index is 0.000000374. The molecule has 3 unspecified atom stereocenters. The summed E-state index contributed by atoms with van der Waals surface area (Å²) in [6.45, 7) is 37.0. The number of carbonyl (C=O) groups is 2. The molecule has 3 aromatic heterocycles. The maximum atomic E-state index is 12.1. The van der Waals surface area contributed by atoms with Crippen molar-refractivity contribution in [2.45, 2.75) is 344 Å². The van der Waals surface area contributed by atoms with Gasteiger partial charge in [0.15, 0.2) is 0 Å². The molecule has 0 spiro atoms. The molecule has 0 saturated carbocycles. The zero-order chi connectivity index (χ0) is 96.0. The van der Waals surface area contributed by atoms with Crippen LogP contribution in [0, 0.1) is 19.8 Å². The zero-order valence-corrected chi connectivity index (χ0v) is 85.6. The van der Waals surface area contributed by atoms with Crippen molar-refractivity contribution in [3.63, 3.8) is 0 Å². The van der Waals surface area contributed by atoms with E-state index in [0.717, 1.165) is 37.8 Å². The third kappa shape index (κ3) is 23.0. The molecule has 16 rings (SSSR count). The van der Waals surface area contributed by atoms with E-state index < -0.39 is 0 Å². The third-order valence-electron chi connectivity index (χ3n) is 31.2. The van der Waals surface area contributed by atoms with Gasteiger partial charge in [0.05, 0.1) is 13.2 Å². The molecule has 3 heterocycles. The Morgan fingerprint density at radius 2 is 0.723 bits per heavy atom. The number of nitrogens with zero attached hydrogens (tertiary/aromatic N) is 3. The van der Waals surface area contributed by atoms with E-state index >= 15 is 0 Å². The summed E-state index contributed by atoms with van der Waals surface area (Å²) in [7, 11) is 0. The summed E-state index contributed by atoms with van der Waals surface area (Å²) >= 11 is 0. The highest BCUT2D eigenvalue weighted by Crippen LogP contribution is 2.58. The van der Waals surface area contributed by atoms with Crippen molar-refractivity contribution in [3.8, 4) is 55.6 Å². The van der Waals surface area contributed by atoms with E-state index in [1.807, 2.05) is 0 Å². The van der Waals surface area contributed by atoms with Gasteiger partial charge >= 0.3 is 11.9 Å². The Hall–Kier alpha value is -10.8. The molecule has 0 N–H and O–H groups in total. The molecule has 0 radical (unpaired) electrons. The first-order chi connectivity index (χ1) is 66.9. The van der Waals surface area contributed by atoms with E-state index in [1.54, 1.807) is 30.5 Å². The minimum atomic E-state index is -0.377. The number of hydrogen-bond acceptors (Lipinski definition) is 5. The molecule has 0 bridgehead atoms. The standard InChI is InChI=1S/C100H128N2O3.C29H31NO2/c1-11-17-22-26-30-34-55-99(56-35-31-27-23-18-12-2)90-64-74(10)39-47-82(90)83-48-41-79(68-91(83)99)77-45-53-96-88(66-77)89-67-78(46-54-97(89)102(96)71-75(16-6)38-21-15-5)81-43-50-85-84-49-42-80(69-92(84)100(93(85)70-81,57-36-32-28-24-19-13-3)58-37-33-29-25-20-14-4)76-44-52-95-87(65-76)86-63-73(9)40-51-94(86)101(95)59-60-104-61-62-105-98(103)72(7)8;1-5-23(24-16-14-22(15-17-24)19-32-29(31)20(2)3)18-21(4)30-27-12-8-6-10-25(27)26-11-7-9-13-28(26)30/h39-54,63-70,75H,7,11-38,55-62,71H2,1-6,8-10H3;6-17,21,23H,2,5,18-19H2,1,3-4H3. The summed E-state index contributed by atoms with van der Waals surface area (Å²) in [4.78, 5) is 23.7. The molecule has 3 atom stereocenters. The lowest BCUT2D eigenvalue weighted by Crippen LogP contribution is -2.25. The monoisotopic (exact) mass is 1830 g/mol. The predicted octanol–water partition coefficient (Wildman–Crippen LogP) is 37.0. The van der Waals surface area contributed by atoms with Crippen LogP contribution in [-0.4, -0.2) is 45.5 Å². The van der Waals surface area contributed by atoms with E-state index in [0.29, 0.717) is 48.8 Å². The first-order valence-electron chi connectivity index (χ1n) is 53.8. The van der Waals surface area contributed by atoms with Crippen molar-refractivity contribution >= 4 is 77.4 Å². The van der Waals surface area contributed by atoms with Gasteiger partial charge in [0.1, 0.15) is 13.2 Å². The summed E-state index contributed by atoms with van der Waals surface area (Å²) in [5.74, 6) is 0.349. The summed E-state index contributed by atoms with van der Waals surface area (Å²) in [5.41, 5.74) is 33.4. The Kier molecular flexibility index (Phi) is 35.4. The predicted molar refractivity (Wildman–Crippen MR) is 585 cm³/mol. The van der Waals surface area contributed by atoms with Crippen LogP contribution in [0.3, 0.4) is 0 Å². The van der Waals surface area contributed by atoms with Gasteiger partial charge in [-0.25, -0.2) is 9.59 Å². The smallest absolute Gasteiger partial charge is 0.333 e. The van der Waals surface area contributed by atoms with E-state index in [9.17, 15) is 9.59 Å². The van der Waals surface area contributed by atoms with Gasteiger partial charge in [0, 0.05) is 107 Å². The lowest BCUT2D eigenvalue weighted by Gasteiger charge is -2.33. The van der Waals surface area contributed by atoms with Gasteiger partial charge in [-0.05, 0) is 259 Å². The second kappa shape index (κ2) is 48.2. The molecule has 0 fully saturated rings. The van der Waals surface area contributed by atoms with E-state index in [4.69, 9.17) is 14.2 Å². The number of para-hydroxylation sites is 2. The Morgan fingerprint density at radius 1 is 0.350 bits per heavy atom. The zero-order valence-electron chi connectivity index (χ0n) is 85.6. The van der Waals surface area contributed by atoms with Crippen molar-refractivity contribution in [3.05, 3.63) is 287 Å². The van der Waals surface area contributed by atoms with E-state index in [1.165, 1.54) is 336 Å². The normalized spacial score (nSPS) is 13.6. The fourth-order valence-electron chi connectivity index (χ4n) is 23.5. The molecule has 2 aliphatic carbocycles. The Morgan fingerprint density at radius 3 is 1.16 bits per heavy atom. The average molecular weight is 1830 g/mol. The van der Waals surface area contributed by atoms with Crippen molar-refractivity contribution in [2.24, 2.45) is 5.92 Å². The van der Waals surface area contributed by atoms with Crippen LogP contribution in [0.25, 0.3) is 121 Å². The molecule has 8 heteroatoms. The minimum absolute atomic E-state index is 0.0226. The number of ether oxygens (including phenoxy) is 3. The largest absolute Gasteiger partial charge is 0.460 e. The van der Waals surface area contributed by atoms with Crippen molar-refractivity contribution < 1.29 is 23.8 Å². The van der Waals surface area contributed by atoms with Crippen molar-refractivity contribution in [1.82, 2.24) is 13.7 Å². The Bertz CT molecular complexity index is 6370. The van der Waals surface area contributed by atoms with Gasteiger partial charge < -0.3 is 27.9 Å². The molecule has 0 amide bonds. The van der Waals surface area contributed by atoms with Crippen LogP contribution in [0.4, 0.5) is 0 Å². The summed E-state index contributed by atoms with van der Waals surface area (Å²) < 4.78 is 24.3. The van der Waals surface area contributed by atoms with Gasteiger partial charge in [0.25, 0.3) is 0 Å². The fourth-order valence-corrected chi connectivity index (χ4v) is 23.5. The Labute approximate surface area is 821 Å². The fraction of sp³-hybridized carbons (Fsp3) is 0.442. The van der Waals surface area contributed by atoms with Crippen LogP contribution in [0.15, 0.2) is 243 Å². The number of esters is 2. The van der Waals surface area contributed by atoms with Crippen LogP contribution < -0.4 is 0 Å². The molecule has 137 heavy (non-hydrogen) atoms. The van der Waals surface area contributed by atoms with Crippen LogP contribution in [-0.2, 0) is 54.3 Å². The number of fused-ring (bicyclic) bond motifs is 15. The molecule has 14 aromatic rings. The van der Waals surface area contributed by atoms with Crippen LogP contribution in [0.2, 0.25) is 0 Å². The quantitative estimate of drug-likeness (QED) is 0.0216. The number of hydrogen-bond donors (Lipinski definition) is 0. The van der Waals surface area contributed by atoms with Crippen LogP contribution in [0.1, 0.15) is 344 Å². The second-order valence-electron chi connectivity index (χ2n) is 41.2. The van der Waals surface area contributed by atoms with Crippen molar-refractivity contribution in [1.29, 1.82) is 0 Å². The third-order valence-corrected chi connectivity index (χ3v) is 31.2. The first kappa shape index (κ1) is 101. The lowest BCUT2D eigenvalue weighted by atomic mass is 9.70. The highest BCUT2D eigenvalue weighted by molar-refractivity contribution is 6.12. The van der Waals surface area contributed by atoms with Gasteiger partial charge in [-0.3, -0.25) is 0 Å². The maximum absolute atomic E-state index is 12.1. The van der Waals surface area contributed by atoms with Gasteiger partial charge in [-0.1, -0.05) is 386 Å². The molecule has 11 aromatic carbocycles. The topological polar surface area (TPSA) is 76.6 Å². The molecule has 720 valence electrons. The van der Waals surface area contributed by atoms with Crippen molar-refractivity contribution in [2.75, 3.05) is 19.8 Å². The minimum Gasteiger partial charge on any atom is -0.460 e.